The molecule has 1 radical (unpaired) electrons. The monoisotopic (exact) mass is 1170 g/mol. The smallest absolute Gasteiger partial charge is 0.216 e. The van der Waals surface area contributed by atoms with E-state index in [0.29, 0.717) is 5.71 Å². The number of para-hydroxylation sites is 2. The maximum Gasteiger partial charge on any atom is 0.216 e. The van der Waals surface area contributed by atoms with Crippen molar-refractivity contribution < 1.29 is 24.5 Å². The molecule has 0 fully saturated rings. The third-order valence-electron chi connectivity index (χ3n) is 14.1. The zero-order valence-corrected chi connectivity index (χ0v) is 49.3. The zero-order chi connectivity index (χ0) is 53.1. The predicted octanol–water partition coefficient (Wildman–Crippen LogP) is 18.5. The van der Waals surface area contributed by atoms with Gasteiger partial charge in [0.2, 0.25) is 5.71 Å². The van der Waals surface area contributed by atoms with Gasteiger partial charge in [0.1, 0.15) is 0 Å². The van der Waals surface area contributed by atoms with E-state index in [0.717, 1.165) is 67.1 Å². The third kappa shape index (κ3) is 11.2. The Balaban J connectivity index is 0.000000375. The van der Waals surface area contributed by atoms with Gasteiger partial charge in [-0.3, -0.25) is 15.0 Å². The number of fused-ring (bicyclic) bond motifs is 4. The van der Waals surface area contributed by atoms with E-state index >= 15 is 0 Å². The molecule has 387 valence electrons. The summed E-state index contributed by atoms with van der Waals surface area (Å²) >= 11 is 0. The van der Waals surface area contributed by atoms with Crippen molar-refractivity contribution in [2.45, 2.75) is 144 Å². The molecule has 0 bridgehead atoms. The number of pyridine rings is 1. The molecule has 6 aromatic carbocycles. The summed E-state index contributed by atoms with van der Waals surface area (Å²) in [4.78, 5) is 19.6. The van der Waals surface area contributed by atoms with E-state index in [2.05, 4.69) is 241 Å². The van der Waals surface area contributed by atoms with Crippen molar-refractivity contribution in [1.82, 2.24) is 24.5 Å². The van der Waals surface area contributed by atoms with Crippen molar-refractivity contribution in [2.75, 3.05) is 0 Å². The summed E-state index contributed by atoms with van der Waals surface area (Å²) in [5.74, 6) is 2.06. The SMILES string of the molecule is CC(C)(C)c1ccnc(-c2[c-]cccc2)n1.CC(C)c1cc(-c2ccccc2)cc(C(C)C)c1-n1c(-c2[c-]cc(C(C)(C)C)c3c2oc2nc(-c4cc(C(C)(C)C)cc(C(C)(C)C)c4)ccc23)nc2ccccc21.[Ir]. The Hall–Kier alpha value is -6.53. The van der Waals surface area contributed by atoms with E-state index in [1.165, 1.54) is 44.6 Å². The van der Waals surface area contributed by atoms with Crippen LogP contribution in [0.3, 0.4) is 0 Å². The maximum absolute atomic E-state index is 7.05. The average molecular weight is 1170 g/mol. The van der Waals surface area contributed by atoms with Crippen LogP contribution in [0.15, 0.2) is 144 Å². The molecule has 0 aliphatic heterocycles. The topological polar surface area (TPSA) is 69.6 Å². The maximum atomic E-state index is 7.05. The Morgan fingerprint density at radius 3 is 1.77 bits per heavy atom. The van der Waals surface area contributed by atoms with Crippen molar-refractivity contribution in [2.24, 2.45) is 0 Å². The van der Waals surface area contributed by atoms with E-state index in [-0.39, 0.29) is 53.6 Å². The van der Waals surface area contributed by atoms with Crippen LogP contribution >= 0.6 is 0 Å². The Labute approximate surface area is 459 Å². The fraction of sp³-hybridized carbons (Fsp3) is 0.324. The van der Waals surface area contributed by atoms with Crippen LogP contribution < -0.4 is 0 Å². The number of benzene rings is 6. The predicted molar refractivity (Wildman–Crippen MR) is 311 cm³/mol. The molecule has 4 heterocycles. The van der Waals surface area contributed by atoms with Crippen LogP contribution in [0.2, 0.25) is 0 Å². The number of nitrogens with zero attached hydrogens (tertiary/aromatic N) is 5. The summed E-state index contributed by atoms with van der Waals surface area (Å²) in [5, 5.41) is 2.07. The molecule has 10 rings (SSSR count). The van der Waals surface area contributed by atoms with Crippen molar-refractivity contribution in [3.63, 3.8) is 0 Å². The van der Waals surface area contributed by atoms with Gasteiger partial charge in [-0.05, 0) is 121 Å². The van der Waals surface area contributed by atoms with Gasteiger partial charge in [-0.1, -0.05) is 165 Å². The molecule has 0 aliphatic carbocycles. The first-order valence-corrected chi connectivity index (χ1v) is 26.4. The van der Waals surface area contributed by atoms with Gasteiger partial charge < -0.3 is 8.98 Å². The molecule has 4 aromatic heterocycles. The molecule has 0 saturated carbocycles. The van der Waals surface area contributed by atoms with Crippen molar-refractivity contribution in [3.05, 3.63) is 185 Å². The van der Waals surface area contributed by atoms with Gasteiger partial charge in [-0.15, -0.1) is 53.6 Å². The summed E-state index contributed by atoms with van der Waals surface area (Å²) in [6.07, 6.45) is 1.81. The minimum absolute atomic E-state index is 0. The first kappa shape index (κ1) is 54.7. The summed E-state index contributed by atoms with van der Waals surface area (Å²) < 4.78 is 9.44. The number of imidazole rings is 1. The van der Waals surface area contributed by atoms with Crippen molar-refractivity contribution >= 4 is 33.1 Å². The van der Waals surface area contributed by atoms with Crippen LogP contribution in [-0.4, -0.2) is 24.5 Å². The van der Waals surface area contributed by atoms with Crippen LogP contribution in [0.1, 0.15) is 156 Å². The quantitative estimate of drug-likeness (QED) is 0.149. The number of aromatic nitrogens is 5. The summed E-state index contributed by atoms with van der Waals surface area (Å²) in [6, 6.07) is 54.1. The second kappa shape index (κ2) is 20.9. The first-order chi connectivity index (χ1) is 34.9. The summed E-state index contributed by atoms with van der Waals surface area (Å²) in [5.41, 5.74) is 18.0. The van der Waals surface area contributed by atoms with Gasteiger partial charge in [0, 0.05) is 54.0 Å². The Bertz CT molecular complexity index is 3590. The Kier molecular flexibility index (Phi) is 15.2. The molecule has 0 saturated heterocycles. The minimum Gasteiger partial charge on any atom is -0.486 e. The van der Waals surface area contributed by atoms with E-state index in [4.69, 9.17) is 14.4 Å². The fourth-order valence-electron chi connectivity index (χ4n) is 9.74. The number of furan rings is 1. The fourth-order valence-corrected chi connectivity index (χ4v) is 9.74. The van der Waals surface area contributed by atoms with Crippen LogP contribution in [0, 0.1) is 12.1 Å². The van der Waals surface area contributed by atoms with Crippen molar-refractivity contribution in [3.8, 4) is 50.8 Å². The number of hydrogen-bond donors (Lipinski definition) is 0. The van der Waals surface area contributed by atoms with E-state index in [9.17, 15) is 0 Å². The molecule has 10 aromatic rings. The number of hydrogen-bond acceptors (Lipinski definition) is 5. The second-order valence-electron chi connectivity index (χ2n) is 24.7. The summed E-state index contributed by atoms with van der Waals surface area (Å²) in [6.45, 7) is 36.1. The van der Waals surface area contributed by atoms with Gasteiger partial charge >= 0.3 is 0 Å². The molecule has 6 nitrogen and oxygen atoms in total. The standard InChI is InChI=1S/C54H58N3O.C14H15N2.Ir/c1-32(2)41-29-35(34-19-15-14-16-20-34)30-42(33(3)4)48(41)57-46-22-18-17-21-45(46)55-50(57)40-23-25-43(54(11,12)13)47-39-24-26-44(56-51(39)58-49(40)47)36-27-37(52(5,6)7)31-38(28-36)53(8,9)10;1-14(2,3)12-9-10-15-13(16-12)11-7-5-4-6-8-11;/h14-22,24-33H,1-13H3;4-7,9-10H,1-3H3;/q2*-1;. The molecule has 0 unspecified atom stereocenters. The molecule has 0 atom stereocenters. The van der Waals surface area contributed by atoms with Gasteiger partial charge in [0.25, 0.3) is 0 Å². The average Bonchev–Trinajstić information content (AvgIpc) is 3.94. The van der Waals surface area contributed by atoms with Gasteiger partial charge in [-0.2, -0.15) is 0 Å². The largest absolute Gasteiger partial charge is 0.486 e. The van der Waals surface area contributed by atoms with E-state index in [1.807, 2.05) is 36.5 Å². The summed E-state index contributed by atoms with van der Waals surface area (Å²) in [7, 11) is 0. The number of rotatable bonds is 7. The minimum atomic E-state index is -0.172. The Morgan fingerprint density at radius 2 is 1.19 bits per heavy atom. The molecule has 0 aliphatic rings. The van der Waals surface area contributed by atoms with Crippen LogP contribution in [0.4, 0.5) is 0 Å². The van der Waals surface area contributed by atoms with Gasteiger partial charge in [0.05, 0.1) is 34.0 Å². The second-order valence-corrected chi connectivity index (χ2v) is 24.7. The van der Waals surface area contributed by atoms with Gasteiger partial charge in [-0.25, -0.2) is 4.98 Å². The van der Waals surface area contributed by atoms with Crippen LogP contribution in [0.5, 0.6) is 0 Å². The molecule has 75 heavy (non-hydrogen) atoms. The molecule has 0 amide bonds. The molecular formula is C68H73IrN5O-2. The van der Waals surface area contributed by atoms with Crippen LogP contribution in [-0.2, 0) is 41.8 Å². The molecule has 7 heteroatoms. The Morgan fingerprint density at radius 1 is 0.560 bits per heavy atom. The van der Waals surface area contributed by atoms with E-state index in [1.54, 1.807) is 0 Å². The van der Waals surface area contributed by atoms with E-state index < -0.39 is 0 Å². The molecule has 0 spiro atoms. The van der Waals surface area contributed by atoms with Crippen molar-refractivity contribution in [1.29, 1.82) is 0 Å². The molecular weight excluding hydrogens is 1090 g/mol. The van der Waals surface area contributed by atoms with Gasteiger partial charge in [0.15, 0.2) is 0 Å². The third-order valence-corrected chi connectivity index (χ3v) is 14.1. The first-order valence-electron chi connectivity index (χ1n) is 26.4. The van der Waals surface area contributed by atoms with Crippen LogP contribution in [0.25, 0.3) is 83.9 Å². The normalized spacial score (nSPS) is 12.4. The zero-order valence-electron chi connectivity index (χ0n) is 46.9. The molecule has 0 N–H and O–H groups in total.